The summed E-state index contributed by atoms with van der Waals surface area (Å²) in [6, 6.07) is 9.05. The van der Waals surface area contributed by atoms with E-state index in [-0.39, 0.29) is 11.9 Å². The highest BCUT2D eigenvalue weighted by molar-refractivity contribution is 6.42. The number of amides is 1. The van der Waals surface area contributed by atoms with Gasteiger partial charge in [-0.2, -0.15) is 4.98 Å². The lowest BCUT2D eigenvalue weighted by Crippen LogP contribution is -2.31. The number of aromatic nitrogens is 2. The quantitative estimate of drug-likeness (QED) is 0.215. The molecule has 0 bridgehead atoms. The summed E-state index contributed by atoms with van der Waals surface area (Å²) in [5.74, 6) is 0.966. The van der Waals surface area contributed by atoms with Gasteiger partial charge < -0.3 is 35.6 Å². The molecule has 3 aromatic rings. The van der Waals surface area contributed by atoms with Crippen molar-refractivity contribution in [2.24, 2.45) is 0 Å². The van der Waals surface area contributed by atoms with Crippen LogP contribution in [0.5, 0.6) is 5.75 Å². The van der Waals surface area contributed by atoms with E-state index in [1.54, 1.807) is 51.4 Å². The number of ether oxygens (including phenoxy) is 1. The monoisotopic (exact) mass is 599 g/mol. The zero-order valence-electron chi connectivity index (χ0n) is 23.8. The maximum atomic E-state index is 12.3. The lowest BCUT2D eigenvalue weighted by Gasteiger charge is -2.25. The minimum atomic E-state index is -1.19. The summed E-state index contributed by atoms with van der Waals surface area (Å²) < 4.78 is 5.72. The molecule has 1 fully saturated rings. The Balaban J connectivity index is 1.66. The maximum absolute atomic E-state index is 12.3. The molecule has 218 valence electrons. The molecule has 0 spiro atoms. The van der Waals surface area contributed by atoms with E-state index in [9.17, 15) is 9.90 Å². The van der Waals surface area contributed by atoms with Crippen molar-refractivity contribution in [1.29, 1.82) is 0 Å². The minimum absolute atomic E-state index is 0.278. The molecule has 1 saturated heterocycles. The number of rotatable bonds is 10. The molecule has 0 radical (unpaired) electrons. The molecular weight excluding hydrogens is 565 g/mol. The normalized spacial score (nSPS) is 15.1. The van der Waals surface area contributed by atoms with Gasteiger partial charge >= 0.3 is 0 Å². The number of halogens is 2. The molecule has 1 aromatic heterocycles. The van der Waals surface area contributed by atoms with E-state index in [4.69, 9.17) is 27.9 Å². The number of benzene rings is 2. The standard InChI is InChI=1S/C29H35Cl2N7O3/c1-7-27(39)34-22-14-23(25(41-6)15-24(22)38-11-9-17(16-38)37(4)5)35-28-32-10-8-26(36-28)33-21-13-20(31)19(30)12-18(21)29(2,3)40/h7-8,10,12-15,17,40H,1,9,11,16H2,2-6H3,(H,34,39)(H2,32,33,35,36). The largest absolute Gasteiger partial charge is 0.494 e. The predicted octanol–water partition coefficient (Wildman–Crippen LogP) is 5.77. The van der Waals surface area contributed by atoms with Gasteiger partial charge in [0.15, 0.2) is 0 Å². The van der Waals surface area contributed by atoms with Gasteiger partial charge in [-0.15, -0.1) is 0 Å². The van der Waals surface area contributed by atoms with Crippen molar-refractivity contribution in [1.82, 2.24) is 14.9 Å². The molecule has 1 unspecified atom stereocenters. The van der Waals surface area contributed by atoms with Crippen molar-refractivity contribution in [3.05, 3.63) is 64.8 Å². The Morgan fingerprint density at radius 1 is 1.17 bits per heavy atom. The second-order valence-electron chi connectivity index (χ2n) is 10.5. The van der Waals surface area contributed by atoms with Crippen LogP contribution < -0.4 is 25.6 Å². The first-order valence-electron chi connectivity index (χ1n) is 13.1. The Morgan fingerprint density at radius 3 is 2.54 bits per heavy atom. The highest BCUT2D eigenvalue weighted by Crippen LogP contribution is 2.40. The number of likely N-dealkylation sites (N-methyl/N-ethyl adjacent to an activating group) is 1. The molecule has 1 aliphatic rings. The molecule has 41 heavy (non-hydrogen) atoms. The number of hydrogen-bond acceptors (Lipinski definition) is 9. The van der Waals surface area contributed by atoms with Crippen LogP contribution in [0.15, 0.2) is 49.2 Å². The number of aliphatic hydroxyl groups is 1. The molecule has 10 nitrogen and oxygen atoms in total. The summed E-state index contributed by atoms with van der Waals surface area (Å²) in [7, 11) is 5.72. The van der Waals surface area contributed by atoms with Crippen molar-refractivity contribution in [3.63, 3.8) is 0 Å². The summed E-state index contributed by atoms with van der Waals surface area (Å²) >= 11 is 12.5. The molecule has 4 N–H and O–H groups in total. The first kappa shape index (κ1) is 30.4. The summed E-state index contributed by atoms with van der Waals surface area (Å²) in [4.78, 5) is 25.7. The van der Waals surface area contributed by atoms with Crippen LogP contribution in [-0.2, 0) is 10.4 Å². The summed E-state index contributed by atoms with van der Waals surface area (Å²) in [6.45, 7) is 8.56. The maximum Gasteiger partial charge on any atom is 0.247 e. The SMILES string of the molecule is C=CC(=O)Nc1cc(Nc2nccc(Nc3cc(Cl)c(Cl)cc3C(C)(C)O)n2)c(OC)cc1N1CCC(N(C)C)C1. The molecule has 1 aliphatic heterocycles. The van der Waals surface area contributed by atoms with E-state index in [1.165, 1.54) is 6.08 Å². The van der Waals surface area contributed by atoms with Crippen LogP contribution in [0.2, 0.25) is 10.0 Å². The smallest absolute Gasteiger partial charge is 0.247 e. The molecule has 0 saturated carbocycles. The third-order valence-corrected chi connectivity index (χ3v) is 7.60. The van der Waals surface area contributed by atoms with E-state index >= 15 is 0 Å². The summed E-state index contributed by atoms with van der Waals surface area (Å²) in [5.41, 5.74) is 1.93. The van der Waals surface area contributed by atoms with Crippen molar-refractivity contribution < 1.29 is 14.6 Å². The fraction of sp³-hybridized carbons (Fsp3) is 0.345. The number of methoxy groups -OCH3 is 1. The zero-order chi connectivity index (χ0) is 29.9. The summed E-state index contributed by atoms with van der Waals surface area (Å²) in [5, 5.41) is 20.7. The fourth-order valence-corrected chi connectivity index (χ4v) is 4.99. The van der Waals surface area contributed by atoms with Gasteiger partial charge in [-0.25, -0.2) is 4.98 Å². The fourth-order valence-electron chi connectivity index (χ4n) is 4.67. The van der Waals surface area contributed by atoms with Crippen LogP contribution >= 0.6 is 23.2 Å². The molecule has 12 heteroatoms. The van der Waals surface area contributed by atoms with E-state index in [1.807, 2.05) is 6.07 Å². The number of anilines is 6. The molecule has 2 aromatic carbocycles. The molecule has 2 heterocycles. The van der Waals surface area contributed by atoms with Gasteiger partial charge in [0, 0.05) is 42.6 Å². The Hall–Kier alpha value is -3.57. The zero-order valence-corrected chi connectivity index (χ0v) is 25.3. The minimum Gasteiger partial charge on any atom is -0.494 e. The van der Waals surface area contributed by atoms with Gasteiger partial charge in [0.2, 0.25) is 11.9 Å². The van der Waals surface area contributed by atoms with E-state index < -0.39 is 5.60 Å². The molecule has 1 atom stereocenters. The number of carbonyl (C=O) groups is 1. The molecule has 4 rings (SSSR count). The van der Waals surface area contributed by atoms with Crippen molar-refractivity contribution in [3.8, 4) is 5.75 Å². The van der Waals surface area contributed by atoms with Gasteiger partial charge in [-0.05, 0) is 64.7 Å². The van der Waals surface area contributed by atoms with Crippen LogP contribution in [0.25, 0.3) is 0 Å². The lowest BCUT2D eigenvalue weighted by molar-refractivity contribution is -0.111. The number of nitrogens with one attached hydrogen (secondary N) is 3. The Labute approximate surface area is 250 Å². The van der Waals surface area contributed by atoms with Gasteiger partial charge in [0.25, 0.3) is 0 Å². The van der Waals surface area contributed by atoms with Crippen molar-refractivity contribution >= 4 is 63.6 Å². The van der Waals surface area contributed by atoms with Gasteiger partial charge in [0.05, 0.1) is 39.8 Å². The van der Waals surface area contributed by atoms with Gasteiger partial charge in [0.1, 0.15) is 11.6 Å². The molecule has 1 amide bonds. The van der Waals surface area contributed by atoms with Crippen LogP contribution in [0.1, 0.15) is 25.8 Å². The first-order valence-corrected chi connectivity index (χ1v) is 13.8. The van der Waals surface area contributed by atoms with E-state index in [2.05, 4.69) is 56.4 Å². The highest BCUT2D eigenvalue weighted by atomic mass is 35.5. The van der Waals surface area contributed by atoms with Gasteiger partial charge in [-0.1, -0.05) is 29.8 Å². The van der Waals surface area contributed by atoms with Gasteiger partial charge in [-0.3, -0.25) is 4.79 Å². The van der Waals surface area contributed by atoms with Crippen molar-refractivity contribution in [2.45, 2.75) is 31.9 Å². The topological polar surface area (TPSA) is 115 Å². The van der Waals surface area contributed by atoms with Crippen molar-refractivity contribution in [2.75, 3.05) is 55.1 Å². The lowest BCUT2D eigenvalue weighted by atomic mass is 9.96. The Morgan fingerprint density at radius 2 is 1.90 bits per heavy atom. The second kappa shape index (κ2) is 12.5. The number of hydrogen-bond donors (Lipinski definition) is 4. The van der Waals surface area contributed by atoms with E-state index in [0.717, 1.165) is 25.2 Å². The van der Waals surface area contributed by atoms with Crippen LogP contribution in [0.4, 0.5) is 34.5 Å². The number of carbonyl (C=O) groups excluding carboxylic acids is 1. The van der Waals surface area contributed by atoms with E-state index in [0.29, 0.717) is 50.3 Å². The third-order valence-electron chi connectivity index (χ3n) is 6.88. The van der Waals surface area contributed by atoms with Crippen LogP contribution in [0, 0.1) is 0 Å². The highest BCUT2D eigenvalue weighted by Gasteiger charge is 2.27. The first-order chi connectivity index (χ1) is 19.4. The molecular formula is C29H35Cl2N7O3. The third kappa shape index (κ3) is 7.20. The van der Waals surface area contributed by atoms with Crippen LogP contribution in [0.3, 0.4) is 0 Å². The average Bonchev–Trinajstić information content (AvgIpc) is 3.41. The van der Waals surface area contributed by atoms with Crippen LogP contribution in [-0.4, -0.2) is 66.2 Å². The number of nitrogens with zero attached hydrogens (tertiary/aromatic N) is 4. The predicted molar refractivity (Wildman–Crippen MR) is 166 cm³/mol. The Kier molecular flexibility index (Phi) is 9.28. The second-order valence-corrected chi connectivity index (χ2v) is 11.3. The Bertz CT molecular complexity index is 1440. The average molecular weight is 601 g/mol. The molecule has 0 aliphatic carbocycles. The summed E-state index contributed by atoms with van der Waals surface area (Å²) in [6.07, 6.45) is 3.83.